The highest BCUT2D eigenvalue weighted by Crippen LogP contribution is 2.44. The molecule has 0 saturated carbocycles. The van der Waals surface area contributed by atoms with Gasteiger partial charge in [-0.1, -0.05) is 71.8 Å². The number of halogens is 1. The molecule has 5 aromatic carbocycles. The van der Waals surface area contributed by atoms with Crippen molar-refractivity contribution in [2.45, 2.75) is 31.5 Å². The van der Waals surface area contributed by atoms with Gasteiger partial charge in [0, 0.05) is 22.9 Å². The first-order valence-electron chi connectivity index (χ1n) is 14.6. The van der Waals surface area contributed by atoms with Crippen molar-refractivity contribution in [3.63, 3.8) is 0 Å². The Balaban J connectivity index is 1.51. The number of fused-ring (bicyclic) bond motifs is 1. The second kappa shape index (κ2) is 12.7. The lowest BCUT2D eigenvalue weighted by atomic mass is 9.99. The summed E-state index contributed by atoms with van der Waals surface area (Å²) in [4.78, 5) is 18.4. The standard InChI is InChI=1S/C36H32ClN3O4S/c1-3-44-31-18-16-30(17-19-31)40-35(27-10-7-11-28(37)22-27)39(24-26-8-5-4-6-9-26)34-21-20-32(23-33(34)36(40)41)45(42,43)38-29-14-12-25(2)13-15-29/h4-23,35,38H,3,24H2,1-2H3/t35-/m0/s1. The number of hydrogen-bond donors (Lipinski definition) is 1. The first kappa shape index (κ1) is 30.2. The third-order valence-electron chi connectivity index (χ3n) is 7.65. The number of sulfonamides is 1. The zero-order chi connectivity index (χ0) is 31.6. The van der Waals surface area contributed by atoms with Crippen molar-refractivity contribution in [3.05, 3.63) is 149 Å². The molecule has 6 rings (SSSR count). The quantitative estimate of drug-likeness (QED) is 0.176. The molecule has 1 atom stereocenters. The lowest BCUT2D eigenvalue weighted by molar-refractivity contribution is 0.0968. The minimum Gasteiger partial charge on any atom is -0.494 e. The average molecular weight is 638 g/mol. The maximum atomic E-state index is 14.6. The van der Waals surface area contributed by atoms with Gasteiger partial charge in [-0.2, -0.15) is 0 Å². The van der Waals surface area contributed by atoms with Gasteiger partial charge in [0.25, 0.3) is 15.9 Å². The maximum Gasteiger partial charge on any atom is 0.262 e. The van der Waals surface area contributed by atoms with Gasteiger partial charge < -0.3 is 9.64 Å². The number of hydrogen-bond acceptors (Lipinski definition) is 5. The predicted octanol–water partition coefficient (Wildman–Crippen LogP) is 8.21. The number of ether oxygens (including phenoxy) is 1. The van der Waals surface area contributed by atoms with Gasteiger partial charge in [-0.05, 0) is 91.7 Å². The van der Waals surface area contributed by atoms with Crippen molar-refractivity contribution < 1.29 is 17.9 Å². The van der Waals surface area contributed by atoms with Gasteiger partial charge in [-0.25, -0.2) is 8.42 Å². The van der Waals surface area contributed by atoms with Gasteiger partial charge in [-0.15, -0.1) is 0 Å². The van der Waals surface area contributed by atoms with E-state index in [0.717, 1.165) is 16.7 Å². The van der Waals surface area contributed by atoms with E-state index >= 15 is 0 Å². The molecule has 1 heterocycles. The summed E-state index contributed by atoms with van der Waals surface area (Å²) in [6.07, 6.45) is -0.588. The Hall–Kier alpha value is -4.79. The van der Waals surface area contributed by atoms with Gasteiger partial charge in [0.2, 0.25) is 0 Å². The van der Waals surface area contributed by atoms with E-state index in [2.05, 4.69) is 9.62 Å². The average Bonchev–Trinajstić information content (AvgIpc) is 3.04. The van der Waals surface area contributed by atoms with Crippen LogP contribution in [-0.2, 0) is 16.6 Å². The number of anilines is 3. The van der Waals surface area contributed by atoms with Crippen LogP contribution >= 0.6 is 11.6 Å². The number of carbonyl (C=O) groups is 1. The SMILES string of the molecule is CCOc1ccc(N2C(=O)c3cc(S(=O)(=O)Nc4ccc(C)cc4)ccc3N(Cc3ccccc3)[C@@H]2c2cccc(Cl)c2)cc1. The summed E-state index contributed by atoms with van der Waals surface area (Å²) in [5, 5.41) is 0.542. The van der Waals surface area contributed by atoms with E-state index in [-0.39, 0.29) is 16.4 Å². The number of nitrogens with one attached hydrogen (secondary N) is 1. The minimum absolute atomic E-state index is 0.0114. The Kier molecular flexibility index (Phi) is 8.52. The van der Waals surface area contributed by atoms with Crippen molar-refractivity contribution in [2.75, 3.05) is 21.1 Å². The van der Waals surface area contributed by atoms with E-state index in [9.17, 15) is 13.2 Å². The van der Waals surface area contributed by atoms with Crippen LogP contribution in [-0.4, -0.2) is 20.9 Å². The summed E-state index contributed by atoms with van der Waals surface area (Å²) in [5.74, 6) is 0.345. The summed E-state index contributed by atoms with van der Waals surface area (Å²) in [6, 6.07) is 36.5. The normalized spacial score (nSPS) is 14.6. The van der Waals surface area contributed by atoms with Gasteiger partial charge in [0.15, 0.2) is 0 Å². The van der Waals surface area contributed by atoms with E-state index in [1.54, 1.807) is 35.2 Å². The molecule has 1 aliphatic rings. The number of nitrogens with zero attached hydrogens (tertiary/aromatic N) is 2. The molecular formula is C36H32ClN3O4S. The lowest BCUT2D eigenvalue weighted by Gasteiger charge is -2.46. The topological polar surface area (TPSA) is 78.9 Å². The molecule has 228 valence electrons. The Morgan fingerprint density at radius 3 is 2.27 bits per heavy atom. The van der Waals surface area contributed by atoms with E-state index in [0.29, 0.717) is 41.0 Å². The molecule has 0 saturated heterocycles. The molecular weight excluding hydrogens is 606 g/mol. The first-order chi connectivity index (χ1) is 21.7. The monoisotopic (exact) mass is 637 g/mol. The molecule has 1 amide bonds. The van der Waals surface area contributed by atoms with E-state index in [1.165, 1.54) is 6.07 Å². The summed E-state index contributed by atoms with van der Waals surface area (Å²) in [5.41, 5.74) is 4.79. The first-order valence-corrected chi connectivity index (χ1v) is 16.5. The molecule has 0 fully saturated rings. The van der Waals surface area contributed by atoms with Crippen LogP contribution < -0.4 is 19.3 Å². The summed E-state index contributed by atoms with van der Waals surface area (Å²) < 4.78 is 35.4. The molecule has 1 aliphatic heterocycles. The third-order valence-corrected chi connectivity index (χ3v) is 9.26. The van der Waals surface area contributed by atoms with Gasteiger partial charge in [0.05, 0.1) is 22.8 Å². The Morgan fingerprint density at radius 1 is 0.844 bits per heavy atom. The second-order valence-electron chi connectivity index (χ2n) is 10.8. The Bertz CT molecular complexity index is 1930. The van der Waals surface area contributed by atoms with Crippen molar-refractivity contribution in [1.82, 2.24) is 0 Å². The zero-order valence-electron chi connectivity index (χ0n) is 24.9. The Morgan fingerprint density at radius 2 is 1.58 bits per heavy atom. The molecule has 45 heavy (non-hydrogen) atoms. The summed E-state index contributed by atoms with van der Waals surface area (Å²) in [6.45, 7) is 4.80. The smallest absolute Gasteiger partial charge is 0.262 e. The number of amides is 1. The molecule has 7 nitrogen and oxygen atoms in total. The lowest BCUT2D eigenvalue weighted by Crippen LogP contribution is -2.49. The number of benzene rings is 5. The van der Waals surface area contributed by atoms with Crippen LogP contribution in [0.5, 0.6) is 5.75 Å². The molecule has 1 N–H and O–H groups in total. The van der Waals surface area contributed by atoms with E-state index in [1.807, 2.05) is 98.8 Å². The zero-order valence-corrected chi connectivity index (χ0v) is 26.4. The van der Waals surface area contributed by atoms with Crippen LogP contribution in [0.4, 0.5) is 17.1 Å². The minimum atomic E-state index is -4.00. The molecule has 0 aromatic heterocycles. The molecule has 9 heteroatoms. The van der Waals surface area contributed by atoms with Crippen LogP contribution in [0.2, 0.25) is 5.02 Å². The van der Waals surface area contributed by atoms with E-state index in [4.69, 9.17) is 16.3 Å². The Labute approximate surface area is 268 Å². The number of carbonyl (C=O) groups excluding carboxylic acids is 1. The second-order valence-corrected chi connectivity index (χ2v) is 12.9. The fourth-order valence-electron chi connectivity index (χ4n) is 5.53. The summed E-state index contributed by atoms with van der Waals surface area (Å²) in [7, 11) is -4.00. The predicted molar refractivity (Wildman–Crippen MR) is 180 cm³/mol. The van der Waals surface area contributed by atoms with Gasteiger partial charge >= 0.3 is 0 Å². The fraction of sp³-hybridized carbons (Fsp3) is 0.139. The highest BCUT2D eigenvalue weighted by Gasteiger charge is 2.40. The van der Waals surface area contributed by atoms with Crippen LogP contribution in [0.25, 0.3) is 0 Å². The largest absolute Gasteiger partial charge is 0.494 e. The van der Waals surface area contributed by atoms with E-state index < -0.39 is 16.2 Å². The van der Waals surface area contributed by atoms with Crippen LogP contribution in [0, 0.1) is 6.92 Å². The van der Waals surface area contributed by atoms with Gasteiger partial charge in [0.1, 0.15) is 11.9 Å². The molecule has 0 unspecified atom stereocenters. The molecule has 0 radical (unpaired) electrons. The highest BCUT2D eigenvalue weighted by atomic mass is 35.5. The molecule has 0 spiro atoms. The van der Waals surface area contributed by atoms with Crippen molar-refractivity contribution in [1.29, 1.82) is 0 Å². The van der Waals surface area contributed by atoms with Crippen LogP contribution in [0.1, 0.15) is 40.1 Å². The van der Waals surface area contributed by atoms with Crippen LogP contribution in [0.15, 0.2) is 126 Å². The van der Waals surface area contributed by atoms with Crippen LogP contribution in [0.3, 0.4) is 0 Å². The third kappa shape index (κ3) is 6.38. The van der Waals surface area contributed by atoms with Crippen molar-refractivity contribution in [3.8, 4) is 5.75 Å². The summed E-state index contributed by atoms with van der Waals surface area (Å²) >= 11 is 6.49. The van der Waals surface area contributed by atoms with Crippen molar-refractivity contribution in [2.24, 2.45) is 0 Å². The molecule has 0 aliphatic carbocycles. The highest BCUT2D eigenvalue weighted by molar-refractivity contribution is 7.92. The maximum absolute atomic E-state index is 14.6. The number of aryl methyl sites for hydroxylation is 1. The fourth-order valence-corrected chi connectivity index (χ4v) is 6.81. The number of rotatable bonds is 9. The molecule has 5 aromatic rings. The van der Waals surface area contributed by atoms with Crippen molar-refractivity contribution >= 4 is 44.6 Å². The van der Waals surface area contributed by atoms with Gasteiger partial charge in [-0.3, -0.25) is 14.4 Å². The molecule has 0 bridgehead atoms.